The molecule has 0 saturated carbocycles. The Labute approximate surface area is 189 Å². The Hall–Kier alpha value is -3.84. The molecule has 0 bridgehead atoms. The van der Waals surface area contributed by atoms with Crippen molar-refractivity contribution in [1.82, 2.24) is 0 Å². The highest BCUT2D eigenvalue weighted by molar-refractivity contribution is 8.19. The van der Waals surface area contributed by atoms with Crippen molar-refractivity contribution < 1.29 is 23.9 Å². The molecule has 7 heteroatoms. The molecule has 0 spiro atoms. The summed E-state index contributed by atoms with van der Waals surface area (Å²) >= 11 is 0.871. The molecule has 32 heavy (non-hydrogen) atoms. The Kier molecular flexibility index (Phi) is 6.09. The zero-order valence-electron chi connectivity index (χ0n) is 17.4. The summed E-state index contributed by atoms with van der Waals surface area (Å²) in [6.07, 6.45) is 1.61. The van der Waals surface area contributed by atoms with E-state index in [1.54, 1.807) is 66.7 Å². The van der Waals surface area contributed by atoms with Crippen LogP contribution in [0.25, 0.3) is 6.08 Å². The maximum Gasteiger partial charge on any atom is 0.343 e. The van der Waals surface area contributed by atoms with Crippen LogP contribution in [0.4, 0.5) is 10.5 Å². The number of ether oxygens (including phenoxy) is 2. The lowest BCUT2D eigenvalue weighted by molar-refractivity contribution is -0.113. The topological polar surface area (TPSA) is 72.9 Å². The van der Waals surface area contributed by atoms with Crippen LogP contribution in [-0.2, 0) is 4.79 Å². The van der Waals surface area contributed by atoms with Crippen LogP contribution >= 0.6 is 11.8 Å². The molecule has 0 atom stereocenters. The van der Waals surface area contributed by atoms with Crippen molar-refractivity contribution >= 4 is 40.6 Å². The first-order chi connectivity index (χ1) is 15.5. The molecule has 1 fully saturated rings. The number of anilines is 1. The van der Waals surface area contributed by atoms with Gasteiger partial charge in [-0.05, 0) is 66.7 Å². The molecule has 1 aliphatic heterocycles. The molecule has 0 aromatic heterocycles. The molecular formula is C25H19NO5S. The van der Waals surface area contributed by atoms with Crippen LogP contribution in [0, 0.1) is 6.92 Å². The summed E-state index contributed by atoms with van der Waals surface area (Å²) in [7, 11) is 1.46. The molecule has 1 saturated heterocycles. The molecule has 6 nitrogen and oxygen atoms in total. The van der Waals surface area contributed by atoms with Crippen LogP contribution in [0.1, 0.15) is 21.5 Å². The largest absolute Gasteiger partial charge is 0.493 e. The predicted molar refractivity (Wildman–Crippen MR) is 124 cm³/mol. The first-order valence-electron chi connectivity index (χ1n) is 9.76. The molecule has 1 heterocycles. The highest BCUT2D eigenvalue weighted by atomic mass is 32.2. The van der Waals surface area contributed by atoms with E-state index >= 15 is 0 Å². The number of esters is 1. The van der Waals surface area contributed by atoms with Gasteiger partial charge >= 0.3 is 5.97 Å². The molecule has 3 aromatic rings. The zero-order chi connectivity index (χ0) is 22.7. The molecule has 0 aliphatic carbocycles. The second-order valence-corrected chi connectivity index (χ2v) is 8.02. The van der Waals surface area contributed by atoms with E-state index in [2.05, 4.69) is 0 Å². The van der Waals surface area contributed by atoms with Crippen molar-refractivity contribution in [2.45, 2.75) is 6.92 Å². The number of aryl methyl sites for hydroxylation is 1. The molecule has 1 aliphatic rings. The first kappa shape index (κ1) is 21.4. The normalized spacial score (nSPS) is 14.7. The minimum atomic E-state index is -0.497. The third kappa shape index (κ3) is 4.43. The van der Waals surface area contributed by atoms with Crippen LogP contribution < -0.4 is 14.4 Å². The molecule has 3 aromatic carbocycles. The van der Waals surface area contributed by atoms with Gasteiger partial charge in [0.25, 0.3) is 11.1 Å². The van der Waals surface area contributed by atoms with E-state index in [-0.39, 0.29) is 16.9 Å². The number of carbonyl (C=O) groups excluding carboxylic acids is 3. The van der Waals surface area contributed by atoms with Crippen molar-refractivity contribution in [1.29, 1.82) is 0 Å². The van der Waals surface area contributed by atoms with E-state index < -0.39 is 5.97 Å². The highest BCUT2D eigenvalue weighted by Crippen LogP contribution is 2.37. The number of rotatable bonds is 5. The zero-order valence-corrected chi connectivity index (χ0v) is 18.2. The first-order valence-corrected chi connectivity index (χ1v) is 10.6. The third-order valence-electron chi connectivity index (χ3n) is 4.75. The molecule has 0 unspecified atom stereocenters. The minimum absolute atomic E-state index is 0.258. The number of amides is 2. The van der Waals surface area contributed by atoms with E-state index in [0.29, 0.717) is 27.5 Å². The Balaban J connectivity index is 1.56. The maximum absolute atomic E-state index is 12.8. The van der Waals surface area contributed by atoms with E-state index in [4.69, 9.17) is 9.47 Å². The number of carbonyl (C=O) groups is 3. The second-order valence-electron chi connectivity index (χ2n) is 7.02. The van der Waals surface area contributed by atoms with Gasteiger partial charge in [-0.15, -0.1) is 0 Å². The average molecular weight is 445 g/mol. The highest BCUT2D eigenvalue weighted by Gasteiger charge is 2.36. The monoisotopic (exact) mass is 445 g/mol. The summed E-state index contributed by atoms with van der Waals surface area (Å²) in [4.78, 5) is 39.1. The number of para-hydroxylation sites is 1. The van der Waals surface area contributed by atoms with E-state index in [9.17, 15) is 14.4 Å². The summed E-state index contributed by atoms with van der Waals surface area (Å²) in [6.45, 7) is 1.89. The van der Waals surface area contributed by atoms with Gasteiger partial charge in [0.05, 0.1) is 23.3 Å². The quantitative estimate of drug-likeness (QED) is 0.295. The van der Waals surface area contributed by atoms with Gasteiger partial charge in [-0.25, -0.2) is 9.69 Å². The number of hydrogen-bond acceptors (Lipinski definition) is 6. The lowest BCUT2D eigenvalue weighted by atomic mass is 10.1. The Morgan fingerprint density at radius 1 is 0.938 bits per heavy atom. The van der Waals surface area contributed by atoms with Gasteiger partial charge < -0.3 is 9.47 Å². The van der Waals surface area contributed by atoms with Crippen molar-refractivity contribution in [3.05, 3.63) is 94.4 Å². The molecular weight excluding hydrogens is 426 g/mol. The summed E-state index contributed by atoms with van der Waals surface area (Å²) in [6, 6.07) is 20.8. The molecule has 0 N–H and O–H groups in total. The van der Waals surface area contributed by atoms with Crippen LogP contribution in [0.5, 0.6) is 11.5 Å². The van der Waals surface area contributed by atoms with Crippen LogP contribution in [0.3, 0.4) is 0 Å². The van der Waals surface area contributed by atoms with Gasteiger partial charge in [-0.1, -0.05) is 42.0 Å². The predicted octanol–water partition coefficient (Wildman–Crippen LogP) is 5.46. The molecule has 0 radical (unpaired) electrons. The number of methoxy groups -OCH3 is 1. The second kappa shape index (κ2) is 9.11. The number of nitrogens with zero attached hydrogens (tertiary/aromatic N) is 1. The summed E-state index contributed by atoms with van der Waals surface area (Å²) in [5, 5.41) is -0.358. The number of thioether (sulfide) groups is 1. The van der Waals surface area contributed by atoms with Crippen LogP contribution in [-0.4, -0.2) is 24.2 Å². The SMILES string of the molecule is COc1cc(/C=C2/SC(=O)N(c3ccccc3)C2=O)ccc1OC(=O)c1cccc(C)c1. The van der Waals surface area contributed by atoms with Crippen LogP contribution in [0.2, 0.25) is 0 Å². The van der Waals surface area contributed by atoms with Gasteiger partial charge in [0.2, 0.25) is 0 Å². The Morgan fingerprint density at radius 2 is 1.72 bits per heavy atom. The summed E-state index contributed by atoms with van der Waals surface area (Å²) < 4.78 is 10.9. The lowest BCUT2D eigenvalue weighted by Crippen LogP contribution is -2.27. The van der Waals surface area contributed by atoms with Gasteiger partial charge in [-0.3, -0.25) is 9.59 Å². The average Bonchev–Trinajstić information content (AvgIpc) is 3.07. The molecule has 160 valence electrons. The molecule has 4 rings (SSSR count). The summed E-state index contributed by atoms with van der Waals surface area (Å²) in [5.74, 6) is -0.292. The Morgan fingerprint density at radius 3 is 2.44 bits per heavy atom. The number of imide groups is 1. The van der Waals surface area contributed by atoms with Crippen molar-refractivity contribution in [2.24, 2.45) is 0 Å². The third-order valence-corrected chi connectivity index (χ3v) is 5.62. The number of hydrogen-bond donors (Lipinski definition) is 0. The van der Waals surface area contributed by atoms with Crippen molar-refractivity contribution in [3.8, 4) is 11.5 Å². The maximum atomic E-state index is 12.8. The van der Waals surface area contributed by atoms with E-state index in [0.717, 1.165) is 22.2 Å². The van der Waals surface area contributed by atoms with Gasteiger partial charge in [0.1, 0.15) is 0 Å². The minimum Gasteiger partial charge on any atom is -0.493 e. The number of benzene rings is 3. The Bertz CT molecular complexity index is 1240. The summed E-state index contributed by atoms with van der Waals surface area (Å²) in [5.41, 5.74) is 2.54. The standard InChI is InChI=1S/C25H19NO5S/c1-16-7-6-8-18(13-16)24(28)31-20-12-11-17(14-21(20)30-2)15-22-23(27)26(25(29)32-22)19-9-4-3-5-10-19/h3-15H,1-2H3/b22-15+. The van der Waals surface area contributed by atoms with Crippen molar-refractivity contribution in [2.75, 3.05) is 12.0 Å². The fraction of sp³-hybridized carbons (Fsp3) is 0.0800. The fourth-order valence-corrected chi connectivity index (χ4v) is 4.05. The van der Waals surface area contributed by atoms with Crippen molar-refractivity contribution in [3.63, 3.8) is 0 Å². The van der Waals surface area contributed by atoms with Gasteiger partial charge in [-0.2, -0.15) is 0 Å². The van der Waals surface area contributed by atoms with Gasteiger partial charge in [0.15, 0.2) is 11.5 Å². The fourth-order valence-electron chi connectivity index (χ4n) is 3.21. The van der Waals surface area contributed by atoms with Crippen LogP contribution in [0.15, 0.2) is 77.7 Å². The smallest absolute Gasteiger partial charge is 0.343 e. The van der Waals surface area contributed by atoms with E-state index in [1.807, 2.05) is 19.1 Å². The van der Waals surface area contributed by atoms with Gasteiger partial charge in [0, 0.05) is 0 Å². The molecule has 2 amide bonds. The van der Waals surface area contributed by atoms with E-state index in [1.165, 1.54) is 7.11 Å². The lowest BCUT2D eigenvalue weighted by Gasteiger charge is -2.12.